The zero-order valence-corrected chi connectivity index (χ0v) is 19.6. The van der Waals surface area contributed by atoms with Crippen LogP contribution in [0.1, 0.15) is 85.5 Å². The first kappa shape index (κ1) is 20.2. The first-order valence-electron chi connectivity index (χ1n) is 13.1. The summed E-state index contributed by atoms with van der Waals surface area (Å²) in [5.41, 5.74) is 2.33. The van der Waals surface area contributed by atoms with Crippen LogP contribution in [0.3, 0.4) is 0 Å². The van der Waals surface area contributed by atoms with Crippen LogP contribution in [-0.4, -0.2) is 29.6 Å². The van der Waals surface area contributed by atoms with Crippen molar-refractivity contribution in [1.82, 2.24) is 5.32 Å². The van der Waals surface area contributed by atoms with E-state index in [1.807, 2.05) is 0 Å². The molecule has 168 valence electrons. The van der Waals surface area contributed by atoms with Gasteiger partial charge in [0.05, 0.1) is 12.2 Å². The first-order chi connectivity index (χ1) is 14.3. The maximum atomic E-state index is 10.3. The van der Waals surface area contributed by atoms with Crippen LogP contribution in [-0.2, 0) is 4.74 Å². The minimum atomic E-state index is -0.100. The molecule has 30 heavy (non-hydrogen) atoms. The Morgan fingerprint density at radius 3 is 2.67 bits per heavy atom. The van der Waals surface area contributed by atoms with Crippen LogP contribution in [0.4, 0.5) is 0 Å². The lowest BCUT2D eigenvalue weighted by Gasteiger charge is -2.58. The fourth-order valence-corrected chi connectivity index (χ4v) is 9.84. The van der Waals surface area contributed by atoms with E-state index >= 15 is 0 Å². The van der Waals surface area contributed by atoms with Gasteiger partial charge in [-0.15, -0.1) is 0 Å². The van der Waals surface area contributed by atoms with Gasteiger partial charge in [-0.05, 0) is 98.2 Å². The van der Waals surface area contributed by atoms with E-state index in [9.17, 15) is 5.11 Å². The first-order valence-corrected chi connectivity index (χ1v) is 13.1. The molecule has 6 aliphatic rings. The molecule has 6 rings (SSSR count). The normalized spacial score (nSPS) is 59.8. The van der Waals surface area contributed by atoms with Crippen molar-refractivity contribution in [3.63, 3.8) is 0 Å². The van der Waals surface area contributed by atoms with Crippen molar-refractivity contribution in [2.45, 2.75) is 103 Å². The van der Waals surface area contributed by atoms with Crippen LogP contribution in [0.5, 0.6) is 0 Å². The van der Waals surface area contributed by atoms with Gasteiger partial charge in [0.1, 0.15) is 5.72 Å². The average Bonchev–Trinajstić information content (AvgIpc) is 3.16. The Morgan fingerprint density at radius 2 is 1.90 bits per heavy atom. The standard InChI is InChI=1S/C27H43NO2/c1-16-7-12-27(28-15-16)17(2)24-23(30-27)14-22-20-6-5-18-13-19(29)8-10-25(18,3)21(20)9-11-26(22,24)4/h5,16-17,19-24,28-29H,6-15H2,1-4H3/t16-,17+,19-,20-,21+,22+,23-,24+,25-,26-,27-/m1/s1. The molecular weight excluding hydrogens is 370 g/mol. The van der Waals surface area contributed by atoms with Crippen LogP contribution in [0.25, 0.3) is 0 Å². The highest BCUT2D eigenvalue weighted by Crippen LogP contribution is 2.70. The van der Waals surface area contributed by atoms with Crippen molar-refractivity contribution in [3.8, 4) is 0 Å². The van der Waals surface area contributed by atoms with E-state index in [2.05, 4.69) is 39.1 Å². The summed E-state index contributed by atoms with van der Waals surface area (Å²) in [5, 5.41) is 14.1. The van der Waals surface area contributed by atoms with Gasteiger partial charge in [-0.1, -0.05) is 39.3 Å². The van der Waals surface area contributed by atoms with E-state index in [0.29, 0.717) is 22.9 Å². The highest BCUT2D eigenvalue weighted by Gasteiger charge is 2.68. The molecule has 5 fully saturated rings. The zero-order valence-electron chi connectivity index (χ0n) is 19.6. The van der Waals surface area contributed by atoms with Gasteiger partial charge in [0.2, 0.25) is 0 Å². The monoisotopic (exact) mass is 413 g/mol. The molecular formula is C27H43NO2. The Bertz CT molecular complexity index is 739. The van der Waals surface area contributed by atoms with Crippen molar-refractivity contribution < 1.29 is 9.84 Å². The molecule has 0 unspecified atom stereocenters. The summed E-state index contributed by atoms with van der Waals surface area (Å²) in [5.74, 6) is 4.58. The highest BCUT2D eigenvalue weighted by atomic mass is 16.5. The number of aliphatic hydroxyl groups is 1. The van der Waals surface area contributed by atoms with Crippen molar-refractivity contribution in [3.05, 3.63) is 11.6 Å². The third kappa shape index (κ3) is 2.55. The molecule has 0 amide bonds. The third-order valence-corrected chi connectivity index (χ3v) is 11.6. The van der Waals surface area contributed by atoms with Gasteiger partial charge in [-0.3, -0.25) is 5.32 Å². The van der Waals surface area contributed by atoms with Crippen LogP contribution in [0.15, 0.2) is 11.6 Å². The maximum Gasteiger partial charge on any atom is 0.122 e. The topological polar surface area (TPSA) is 41.5 Å². The molecule has 3 nitrogen and oxygen atoms in total. The maximum absolute atomic E-state index is 10.3. The van der Waals surface area contributed by atoms with Gasteiger partial charge in [0, 0.05) is 12.5 Å². The molecule has 2 heterocycles. The molecule has 3 saturated carbocycles. The predicted octanol–water partition coefficient (Wildman–Crippen LogP) is 5.29. The van der Waals surface area contributed by atoms with Crippen LogP contribution < -0.4 is 5.32 Å². The van der Waals surface area contributed by atoms with E-state index in [1.165, 1.54) is 44.9 Å². The molecule has 3 heteroatoms. The molecule has 2 N–H and O–H groups in total. The van der Waals surface area contributed by atoms with Gasteiger partial charge in [0.15, 0.2) is 0 Å². The molecule has 1 spiro atoms. The molecule has 0 aromatic heterocycles. The number of ether oxygens (including phenoxy) is 1. The Hall–Kier alpha value is -0.380. The minimum Gasteiger partial charge on any atom is -0.393 e. The second-order valence-corrected chi connectivity index (χ2v) is 12.8. The van der Waals surface area contributed by atoms with E-state index in [4.69, 9.17) is 4.74 Å². The summed E-state index contributed by atoms with van der Waals surface area (Å²) >= 11 is 0. The van der Waals surface area contributed by atoms with Crippen LogP contribution >= 0.6 is 0 Å². The lowest BCUT2D eigenvalue weighted by atomic mass is 9.47. The summed E-state index contributed by atoms with van der Waals surface area (Å²) in [6, 6.07) is 0. The molecule has 0 aromatic rings. The lowest BCUT2D eigenvalue weighted by Crippen LogP contribution is -2.57. The van der Waals surface area contributed by atoms with Gasteiger partial charge >= 0.3 is 0 Å². The Kier molecular flexibility index (Phi) is 4.44. The molecule has 2 saturated heterocycles. The van der Waals surface area contributed by atoms with E-state index in [0.717, 1.165) is 49.0 Å². The average molecular weight is 414 g/mol. The number of nitrogens with one attached hydrogen (secondary N) is 1. The van der Waals surface area contributed by atoms with Gasteiger partial charge in [0.25, 0.3) is 0 Å². The Labute approximate surface area is 183 Å². The molecule has 4 aliphatic carbocycles. The van der Waals surface area contributed by atoms with Gasteiger partial charge < -0.3 is 9.84 Å². The predicted molar refractivity (Wildman–Crippen MR) is 120 cm³/mol. The van der Waals surface area contributed by atoms with E-state index in [-0.39, 0.29) is 11.8 Å². The van der Waals surface area contributed by atoms with E-state index in [1.54, 1.807) is 5.57 Å². The van der Waals surface area contributed by atoms with Crippen LogP contribution in [0.2, 0.25) is 0 Å². The number of aliphatic hydroxyl groups excluding tert-OH is 1. The molecule has 0 radical (unpaired) electrons. The van der Waals surface area contributed by atoms with Crippen LogP contribution in [0, 0.1) is 46.3 Å². The van der Waals surface area contributed by atoms with Crippen molar-refractivity contribution in [2.75, 3.05) is 6.54 Å². The second-order valence-electron chi connectivity index (χ2n) is 12.8. The van der Waals surface area contributed by atoms with Crippen molar-refractivity contribution >= 4 is 0 Å². The number of fused-ring (bicyclic) bond motifs is 7. The quantitative estimate of drug-likeness (QED) is 0.530. The number of hydrogen-bond acceptors (Lipinski definition) is 3. The number of allylic oxidation sites excluding steroid dienone is 1. The molecule has 0 bridgehead atoms. The SMILES string of the molecule is C[C@@H]1CC[C@@]2(NC1)O[C@@H]1C[C@H]3[C@@H]4CC=C5C[C@H](O)CC[C@@]5(C)[C@H]4CC[C@@]3(C)[C@H]1[C@@H]2C. The van der Waals surface area contributed by atoms with E-state index < -0.39 is 0 Å². The second kappa shape index (κ2) is 6.58. The number of piperidine rings is 1. The van der Waals surface area contributed by atoms with Crippen molar-refractivity contribution in [2.24, 2.45) is 46.3 Å². The molecule has 2 aliphatic heterocycles. The summed E-state index contributed by atoms with van der Waals surface area (Å²) in [7, 11) is 0. The largest absolute Gasteiger partial charge is 0.393 e. The number of rotatable bonds is 0. The lowest BCUT2D eigenvalue weighted by molar-refractivity contribution is -0.115. The fourth-order valence-electron chi connectivity index (χ4n) is 9.84. The minimum absolute atomic E-state index is 0.0439. The Balaban J connectivity index is 1.28. The Morgan fingerprint density at radius 1 is 1.07 bits per heavy atom. The summed E-state index contributed by atoms with van der Waals surface area (Å²) in [6.07, 6.45) is 13.8. The smallest absolute Gasteiger partial charge is 0.122 e. The number of hydrogen-bond donors (Lipinski definition) is 2. The highest BCUT2D eigenvalue weighted by molar-refractivity contribution is 5.26. The molecule has 11 atom stereocenters. The van der Waals surface area contributed by atoms with Gasteiger partial charge in [-0.2, -0.15) is 0 Å². The zero-order chi connectivity index (χ0) is 20.9. The summed E-state index contributed by atoms with van der Waals surface area (Å²) in [4.78, 5) is 0. The summed E-state index contributed by atoms with van der Waals surface area (Å²) < 4.78 is 7.00. The third-order valence-electron chi connectivity index (χ3n) is 11.6. The van der Waals surface area contributed by atoms with Gasteiger partial charge in [-0.25, -0.2) is 0 Å². The molecule has 0 aromatic carbocycles. The van der Waals surface area contributed by atoms with Crippen molar-refractivity contribution in [1.29, 1.82) is 0 Å². The fraction of sp³-hybridized carbons (Fsp3) is 0.926. The summed E-state index contributed by atoms with van der Waals surface area (Å²) in [6.45, 7) is 11.2.